The first-order chi connectivity index (χ1) is 11.2. The van der Waals surface area contributed by atoms with Gasteiger partial charge in [0.05, 0.1) is 0 Å². The van der Waals surface area contributed by atoms with Gasteiger partial charge in [0.2, 0.25) is 0 Å². The molecule has 0 radical (unpaired) electrons. The van der Waals surface area contributed by atoms with Crippen LogP contribution in [0.3, 0.4) is 0 Å². The molecule has 2 rings (SSSR count). The van der Waals surface area contributed by atoms with E-state index in [1.807, 2.05) is 0 Å². The average Bonchev–Trinajstić information content (AvgIpc) is 2.61. The molecule has 1 aliphatic heterocycles. The van der Waals surface area contributed by atoms with Crippen molar-refractivity contribution in [2.24, 2.45) is 0 Å². The molecule has 1 saturated heterocycles. The van der Waals surface area contributed by atoms with Gasteiger partial charge in [0.25, 0.3) is 0 Å². The SMILES string of the molecule is CCC1CCCCN1CCNC(=O)NCc1ccc(SC)cc1. The van der Waals surface area contributed by atoms with E-state index in [1.54, 1.807) is 11.8 Å². The molecular weight excluding hydrogens is 306 g/mol. The summed E-state index contributed by atoms with van der Waals surface area (Å²) in [6, 6.07) is 8.91. The van der Waals surface area contributed by atoms with E-state index in [1.165, 1.54) is 37.1 Å². The Balaban J connectivity index is 1.64. The quantitative estimate of drug-likeness (QED) is 0.750. The number of amides is 2. The summed E-state index contributed by atoms with van der Waals surface area (Å²) in [5.41, 5.74) is 1.13. The van der Waals surface area contributed by atoms with Crippen molar-refractivity contribution in [3.05, 3.63) is 29.8 Å². The lowest BCUT2D eigenvalue weighted by molar-refractivity contribution is 0.145. The molecule has 23 heavy (non-hydrogen) atoms. The molecular formula is C18H29N3OS. The Morgan fingerprint density at radius 1 is 1.26 bits per heavy atom. The van der Waals surface area contributed by atoms with Crippen molar-refractivity contribution in [3.63, 3.8) is 0 Å². The van der Waals surface area contributed by atoms with Crippen LogP contribution < -0.4 is 10.6 Å². The number of urea groups is 1. The highest BCUT2D eigenvalue weighted by atomic mass is 32.2. The van der Waals surface area contributed by atoms with Crippen molar-refractivity contribution in [3.8, 4) is 0 Å². The zero-order valence-corrected chi connectivity index (χ0v) is 15.1. The number of nitrogens with one attached hydrogen (secondary N) is 2. The van der Waals surface area contributed by atoms with Crippen LogP contribution >= 0.6 is 11.8 Å². The van der Waals surface area contributed by atoms with Gasteiger partial charge in [-0.15, -0.1) is 11.8 Å². The summed E-state index contributed by atoms with van der Waals surface area (Å²) < 4.78 is 0. The van der Waals surface area contributed by atoms with Crippen molar-refractivity contribution < 1.29 is 4.79 Å². The number of benzene rings is 1. The van der Waals surface area contributed by atoms with E-state index >= 15 is 0 Å². The zero-order chi connectivity index (χ0) is 16.5. The second-order valence-electron chi connectivity index (χ2n) is 6.05. The third kappa shape index (κ3) is 6.07. The third-order valence-electron chi connectivity index (χ3n) is 4.52. The Kier molecular flexibility index (Phi) is 7.76. The van der Waals surface area contributed by atoms with Crippen LogP contribution in [0.1, 0.15) is 38.2 Å². The number of hydrogen-bond donors (Lipinski definition) is 2. The Morgan fingerprint density at radius 2 is 2.04 bits per heavy atom. The number of thioether (sulfide) groups is 1. The number of rotatable bonds is 7. The lowest BCUT2D eigenvalue weighted by Crippen LogP contribution is -2.45. The summed E-state index contributed by atoms with van der Waals surface area (Å²) in [7, 11) is 0. The van der Waals surface area contributed by atoms with Crippen LogP contribution in [0.15, 0.2) is 29.2 Å². The number of likely N-dealkylation sites (tertiary alicyclic amines) is 1. The second-order valence-corrected chi connectivity index (χ2v) is 6.93. The molecule has 1 aliphatic rings. The average molecular weight is 336 g/mol. The fourth-order valence-electron chi connectivity index (χ4n) is 3.12. The molecule has 2 N–H and O–H groups in total. The summed E-state index contributed by atoms with van der Waals surface area (Å²) in [6.07, 6.45) is 7.20. The maximum Gasteiger partial charge on any atom is 0.315 e. The number of piperidine rings is 1. The summed E-state index contributed by atoms with van der Waals surface area (Å²) in [5.74, 6) is 0. The molecule has 128 valence electrons. The van der Waals surface area contributed by atoms with E-state index in [4.69, 9.17) is 0 Å². The van der Waals surface area contributed by atoms with Crippen molar-refractivity contribution in [2.75, 3.05) is 25.9 Å². The van der Waals surface area contributed by atoms with Crippen LogP contribution in [0.2, 0.25) is 0 Å². The molecule has 1 aromatic rings. The highest BCUT2D eigenvalue weighted by Crippen LogP contribution is 2.18. The second kappa shape index (κ2) is 9.83. The molecule has 1 aromatic carbocycles. The van der Waals surface area contributed by atoms with Gasteiger partial charge in [0.1, 0.15) is 0 Å². The molecule has 0 aliphatic carbocycles. The predicted molar refractivity (Wildman–Crippen MR) is 98.0 cm³/mol. The van der Waals surface area contributed by atoms with Crippen LogP contribution in [0.5, 0.6) is 0 Å². The minimum Gasteiger partial charge on any atom is -0.337 e. The Bertz CT molecular complexity index is 478. The topological polar surface area (TPSA) is 44.4 Å². The largest absolute Gasteiger partial charge is 0.337 e. The molecule has 2 amide bonds. The fourth-order valence-corrected chi connectivity index (χ4v) is 3.53. The Labute approximate surface area is 144 Å². The first kappa shape index (κ1) is 18.1. The maximum absolute atomic E-state index is 11.9. The van der Waals surface area contributed by atoms with Crippen molar-refractivity contribution in [1.29, 1.82) is 0 Å². The molecule has 5 heteroatoms. The molecule has 1 atom stereocenters. The van der Waals surface area contributed by atoms with Gasteiger partial charge in [0.15, 0.2) is 0 Å². The van der Waals surface area contributed by atoms with E-state index in [9.17, 15) is 4.79 Å². The van der Waals surface area contributed by atoms with E-state index in [-0.39, 0.29) is 6.03 Å². The maximum atomic E-state index is 11.9. The molecule has 0 saturated carbocycles. The van der Waals surface area contributed by atoms with Gasteiger partial charge in [-0.2, -0.15) is 0 Å². The molecule has 1 unspecified atom stereocenters. The van der Waals surface area contributed by atoms with Crippen LogP contribution in [0, 0.1) is 0 Å². The van der Waals surface area contributed by atoms with Crippen LogP contribution in [0.25, 0.3) is 0 Å². The number of nitrogens with zero attached hydrogens (tertiary/aromatic N) is 1. The smallest absolute Gasteiger partial charge is 0.315 e. The van der Waals surface area contributed by atoms with E-state index in [2.05, 4.69) is 53.0 Å². The highest BCUT2D eigenvalue weighted by Gasteiger charge is 2.19. The molecule has 4 nitrogen and oxygen atoms in total. The van der Waals surface area contributed by atoms with E-state index < -0.39 is 0 Å². The van der Waals surface area contributed by atoms with Gasteiger partial charge in [-0.3, -0.25) is 4.90 Å². The molecule has 1 fully saturated rings. The lowest BCUT2D eigenvalue weighted by atomic mass is 10.0. The summed E-state index contributed by atoms with van der Waals surface area (Å²) in [5, 5.41) is 5.90. The van der Waals surface area contributed by atoms with Crippen molar-refractivity contribution in [1.82, 2.24) is 15.5 Å². The van der Waals surface area contributed by atoms with Gasteiger partial charge in [-0.25, -0.2) is 4.79 Å². The van der Waals surface area contributed by atoms with Gasteiger partial charge < -0.3 is 10.6 Å². The minimum atomic E-state index is -0.0796. The van der Waals surface area contributed by atoms with Crippen LogP contribution in [0.4, 0.5) is 4.79 Å². The first-order valence-corrected chi connectivity index (χ1v) is 9.84. The minimum absolute atomic E-state index is 0.0796. The monoisotopic (exact) mass is 335 g/mol. The van der Waals surface area contributed by atoms with Crippen LogP contribution in [-0.2, 0) is 6.54 Å². The Hall–Kier alpha value is -1.20. The molecule has 0 spiro atoms. The van der Waals surface area contributed by atoms with E-state index in [0.717, 1.165) is 12.1 Å². The lowest BCUT2D eigenvalue weighted by Gasteiger charge is -2.35. The number of carbonyl (C=O) groups excluding carboxylic acids is 1. The standard InChI is InChI=1S/C18H29N3OS/c1-3-16-6-4-5-12-21(16)13-11-19-18(22)20-14-15-7-9-17(23-2)10-8-15/h7-10,16H,3-6,11-14H2,1-2H3,(H2,19,20,22). The molecule has 1 heterocycles. The number of carbonyl (C=O) groups is 1. The summed E-state index contributed by atoms with van der Waals surface area (Å²) in [4.78, 5) is 15.6. The van der Waals surface area contributed by atoms with Gasteiger partial charge in [-0.05, 0) is 49.8 Å². The summed E-state index contributed by atoms with van der Waals surface area (Å²) >= 11 is 1.72. The fraction of sp³-hybridized carbons (Fsp3) is 0.611. The number of hydrogen-bond acceptors (Lipinski definition) is 3. The Morgan fingerprint density at radius 3 is 2.74 bits per heavy atom. The molecule has 0 aromatic heterocycles. The van der Waals surface area contributed by atoms with Crippen LogP contribution in [-0.4, -0.2) is 42.9 Å². The van der Waals surface area contributed by atoms with Gasteiger partial charge in [0, 0.05) is 30.6 Å². The van der Waals surface area contributed by atoms with Crippen molar-refractivity contribution >= 4 is 17.8 Å². The predicted octanol–water partition coefficient (Wildman–Crippen LogP) is 3.47. The van der Waals surface area contributed by atoms with Crippen molar-refractivity contribution in [2.45, 2.75) is 50.1 Å². The molecule has 0 bridgehead atoms. The first-order valence-electron chi connectivity index (χ1n) is 8.61. The van der Waals surface area contributed by atoms with Gasteiger partial charge in [-0.1, -0.05) is 25.5 Å². The summed E-state index contributed by atoms with van der Waals surface area (Å²) in [6.45, 7) is 5.67. The third-order valence-corrected chi connectivity index (χ3v) is 5.26. The zero-order valence-electron chi connectivity index (χ0n) is 14.3. The van der Waals surface area contributed by atoms with E-state index in [0.29, 0.717) is 19.1 Å². The van der Waals surface area contributed by atoms with Gasteiger partial charge >= 0.3 is 6.03 Å². The normalized spacial score (nSPS) is 18.6. The highest BCUT2D eigenvalue weighted by molar-refractivity contribution is 7.98.